The molecule has 1 aromatic carbocycles. The highest BCUT2D eigenvalue weighted by atomic mass is 16.3. The molecule has 0 aliphatic heterocycles. The Hall–Kier alpha value is -2.04. The van der Waals surface area contributed by atoms with Gasteiger partial charge in [0, 0.05) is 6.54 Å². The van der Waals surface area contributed by atoms with Gasteiger partial charge in [0.2, 0.25) is 0 Å². The zero-order valence-electron chi connectivity index (χ0n) is 9.91. The fraction of sp³-hybridized carbons (Fsp3) is 0.333. The summed E-state index contributed by atoms with van der Waals surface area (Å²) in [6.07, 6.45) is 0.759. The van der Waals surface area contributed by atoms with E-state index < -0.39 is 11.8 Å². The minimum absolute atomic E-state index is 0.0540. The van der Waals surface area contributed by atoms with Crippen LogP contribution >= 0.6 is 0 Å². The molecular weight excluding hydrogens is 220 g/mol. The standard InChI is InChI=1S/C12H16N2O3/c1-3-6-13-11(16)12(17)14-9-5-4-8(2)7-10(9)15/h4-5,7,15H,3,6H2,1-2H3,(H,13,16)(H,14,17). The van der Waals surface area contributed by atoms with Gasteiger partial charge in [-0.1, -0.05) is 13.0 Å². The first-order valence-electron chi connectivity index (χ1n) is 5.43. The van der Waals surface area contributed by atoms with Gasteiger partial charge in [-0.15, -0.1) is 0 Å². The Balaban J connectivity index is 2.64. The molecule has 17 heavy (non-hydrogen) atoms. The quantitative estimate of drug-likeness (QED) is 0.544. The average molecular weight is 236 g/mol. The second-order valence-electron chi connectivity index (χ2n) is 3.73. The molecule has 0 spiro atoms. The van der Waals surface area contributed by atoms with Crippen LogP contribution in [-0.4, -0.2) is 23.5 Å². The zero-order chi connectivity index (χ0) is 12.8. The molecule has 0 fully saturated rings. The molecule has 5 nitrogen and oxygen atoms in total. The van der Waals surface area contributed by atoms with Crippen LogP contribution in [0, 0.1) is 6.92 Å². The van der Waals surface area contributed by atoms with E-state index in [1.807, 2.05) is 13.8 Å². The summed E-state index contributed by atoms with van der Waals surface area (Å²) in [6.45, 7) is 4.16. The van der Waals surface area contributed by atoms with Crippen LogP contribution in [0.5, 0.6) is 5.75 Å². The molecular formula is C12H16N2O3. The fourth-order valence-corrected chi connectivity index (χ4v) is 1.25. The Kier molecular flexibility index (Phi) is 4.51. The Morgan fingerprint density at radius 3 is 2.59 bits per heavy atom. The second-order valence-corrected chi connectivity index (χ2v) is 3.73. The largest absolute Gasteiger partial charge is 0.506 e. The summed E-state index contributed by atoms with van der Waals surface area (Å²) in [6, 6.07) is 4.80. The third-order valence-electron chi connectivity index (χ3n) is 2.14. The van der Waals surface area contributed by atoms with E-state index in [2.05, 4.69) is 10.6 Å². The van der Waals surface area contributed by atoms with Crippen molar-refractivity contribution >= 4 is 17.5 Å². The van der Waals surface area contributed by atoms with Crippen molar-refractivity contribution in [1.82, 2.24) is 5.32 Å². The summed E-state index contributed by atoms with van der Waals surface area (Å²) in [4.78, 5) is 22.7. The highest BCUT2D eigenvalue weighted by molar-refractivity contribution is 6.39. The van der Waals surface area contributed by atoms with Gasteiger partial charge in [-0.25, -0.2) is 0 Å². The van der Waals surface area contributed by atoms with E-state index in [-0.39, 0.29) is 11.4 Å². The highest BCUT2D eigenvalue weighted by Crippen LogP contribution is 2.23. The molecule has 2 amide bonds. The third-order valence-corrected chi connectivity index (χ3v) is 2.14. The molecule has 3 N–H and O–H groups in total. The summed E-state index contributed by atoms with van der Waals surface area (Å²) in [5.74, 6) is -1.54. The monoisotopic (exact) mass is 236 g/mol. The van der Waals surface area contributed by atoms with Gasteiger partial charge in [0.1, 0.15) is 5.75 Å². The number of aryl methyl sites for hydroxylation is 1. The number of carbonyl (C=O) groups is 2. The molecule has 0 atom stereocenters. The minimum Gasteiger partial charge on any atom is -0.506 e. The van der Waals surface area contributed by atoms with Crippen LogP contribution in [0.15, 0.2) is 18.2 Å². The van der Waals surface area contributed by atoms with Crippen LogP contribution in [-0.2, 0) is 9.59 Å². The lowest BCUT2D eigenvalue weighted by Crippen LogP contribution is -2.35. The number of rotatable bonds is 3. The molecule has 0 saturated heterocycles. The van der Waals surface area contributed by atoms with Crippen LogP contribution in [0.3, 0.4) is 0 Å². The molecule has 0 aromatic heterocycles. The molecule has 0 saturated carbocycles. The Bertz CT molecular complexity index is 430. The maximum Gasteiger partial charge on any atom is 0.313 e. The van der Waals surface area contributed by atoms with Crippen molar-refractivity contribution in [3.05, 3.63) is 23.8 Å². The summed E-state index contributed by atoms with van der Waals surface area (Å²) in [7, 11) is 0. The van der Waals surface area contributed by atoms with Crippen molar-refractivity contribution < 1.29 is 14.7 Å². The lowest BCUT2D eigenvalue weighted by molar-refractivity contribution is -0.136. The number of phenols is 1. The summed E-state index contributed by atoms with van der Waals surface area (Å²) >= 11 is 0. The molecule has 0 unspecified atom stereocenters. The van der Waals surface area contributed by atoms with E-state index in [4.69, 9.17) is 0 Å². The predicted octanol–water partition coefficient (Wildman–Crippen LogP) is 1.17. The number of phenolic OH excluding ortho intramolecular Hbond substituents is 1. The van der Waals surface area contributed by atoms with Crippen molar-refractivity contribution in [1.29, 1.82) is 0 Å². The second kappa shape index (κ2) is 5.89. The molecule has 1 aromatic rings. The fourth-order valence-electron chi connectivity index (χ4n) is 1.25. The Labute approximate surface area is 99.8 Å². The van der Waals surface area contributed by atoms with Gasteiger partial charge in [0.25, 0.3) is 0 Å². The lowest BCUT2D eigenvalue weighted by atomic mass is 10.2. The average Bonchev–Trinajstić information content (AvgIpc) is 2.29. The molecule has 0 aliphatic rings. The van der Waals surface area contributed by atoms with E-state index in [1.54, 1.807) is 12.1 Å². The molecule has 0 bridgehead atoms. The number of amides is 2. The van der Waals surface area contributed by atoms with Gasteiger partial charge in [-0.3, -0.25) is 9.59 Å². The summed E-state index contributed by atoms with van der Waals surface area (Å²) in [5.41, 5.74) is 1.10. The summed E-state index contributed by atoms with van der Waals surface area (Å²) in [5, 5.41) is 14.3. The number of nitrogens with one attached hydrogen (secondary N) is 2. The molecule has 92 valence electrons. The van der Waals surface area contributed by atoms with Gasteiger partial charge in [0.05, 0.1) is 5.69 Å². The minimum atomic E-state index is -0.780. The lowest BCUT2D eigenvalue weighted by Gasteiger charge is -2.07. The maximum atomic E-state index is 11.4. The van der Waals surface area contributed by atoms with Crippen molar-refractivity contribution in [2.45, 2.75) is 20.3 Å². The topological polar surface area (TPSA) is 78.4 Å². The first-order chi connectivity index (χ1) is 8.04. The van der Waals surface area contributed by atoms with Gasteiger partial charge in [-0.05, 0) is 31.0 Å². The molecule has 5 heteroatoms. The van der Waals surface area contributed by atoms with Crippen LogP contribution in [0.2, 0.25) is 0 Å². The maximum absolute atomic E-state index is 11.4. The number of benzene rings is 1. The van der Waals surface area contributed by atoms with Crippen molar-refractivity contribution in [3.8, 4) is 5.75 Å². The van der Waals surface area contributed by atoms with Crippen LogP contribution in [0.1, 0.15) is 18.9 Å². The van der Waals surface area contributed by atoms with Crippen molar-refractivity contribution in [3.63, 3.8) is 0 Å². The van der Waals surface area contributed by atoms with Gasteiger partial charge >= 0.3 is 11.8 Å². The molecule has 0 aliphatic carbocycles. The molecule has 0 radical (unpaired) electrons. The smallest absolute Gasteiger partial charge is 0.313 e. The Morgan fingerprint density at radius 2 is 2.00 bits per heavy atom. The van der Waals surface area contributed by atoms with Crippen LogP contribution in [0.4, 0.5) is 5.69 Å². The summed E-state index contributed by atoms with van der Waals surface area (Å²) < 4.78 is 0. The first kappa shape index (κ1) is 13.0. The van der Waals surface area contributed by atoms with Crippen LogP contribution in [0.25, 0.3) is 0 Å². The normalized spacial score (nSPS) is 9.76. The molecule has 1 rings (SSSR count). The zero-order valence-corrected chi connectivity index (χ0v) is 9.91. The van der Waals surface area contributed by atoms with Gasteiger partial charge in [-0.2, -0.15) is 0 Å². The number of hydrogen-bond donors (Lipinski definition) is 3. The number of aromatic hydroxyl groups is 1. The van der Waals surface area contributed by atoms with Crippen molar-refractivity contribution in [2.24, 2.45) is 0 Å². The first-order valence-corrected chi connectivity index (χ1v) is 5.43. The molecule has 0 heterocycles. The van der Waals surface area contributed by atoms with Gasteiger partial charge in [0.15, 0.2) is 0 Å². The predicted molar refractivity (Wildman–Crippen MR) is 64.8 cm³/mol. The van der Waals surface area contributed by atoms with Gasteiger partial charge < -0.3 is 15.7 Å². The van der Waals surface area contributed by atoms with E-state index in [0.29, 0.717) is 6.54 Å². The Morgan fingerprint density at radius 1 is 1.29 bits per heavy atom. The van der Waals surface area contributed by atoms with Crippen molar-refractivity contribution in [2.75, 3.05) is 11.9 Å². The number of hydrogen-bond acceptors (Lipinski definition) is 3. The highest BCUT2D eigenvalue weighted by Gasteiger charge is 2.14. The number of anilines is 1. The van der Waals surface area contributed by atoms with Crippen LogP contribution < -0.4 is 10.6 Å². The van der Waals surface area contributed by atoms with E-state index in [0.717, 1.165) is 12.0 Å². The van der Waals surface area contributed by atoms with E-state index in [9.17, 15) is 14.7 Å². The third kappa shape index (κ3) is 3.79. The van der Waals surface area contributed by atoms with E-state index >= 15 is 0 Å². The SMILES string of the molecule is CCCNC(=O)C(=O)Nc1ccc(C)cc1O. The number of carbonyl (C=O) groups excluding carboxylic acids is 2. The van der Waals surface area contributed by atoms with E-state index in [1.165, 1.54) is 6.07 Å².